The van der Waals surface area contributed by atoms with E-state index >= 15 is 0 Å². The number of ether oxygens (including phenoxy) is 1. The molecule has 1 aromatic rings. The number of nitrogens with zero attached hydrogens (tertiary/aromatic N) is 4. The molecule has 1 aliphatic heterocycles. The molecule has 0 bridgehead atoms. The van der Waals surface area contributed by atoms with Gasteiger partial charge in [0.25, 0.3) is 0 Å². The summed E-state index contributed by atoms with van der Waals surface area (Å²) in [4.78, 5) is 35.5. The molecule has 27 heavy (non-hydrogen) atoms. The van der Waals surface area contributed by atoms with Crippen LogP contribution in [-0.2, 0) is 4.74 Å². The van der Waals surface area contributed by atoms with Crippen LogP contribution in [0.4, 0.5) is 10.6 Å². The van der Waals surface area contributed by atoms with Crippen molar-refractivity contribution in [3.05, 3.63) is 18.1 Å². The Morgan fingerprint density at radius 2 is 1.96 bits per heavy atom. The van der Waals surface area contributed by atoms with Gasteiger partial charge in [-0.1, -0.05) is 0 Å². The fourth-order valence-corrected chi connectivity index (χ4v) is 3.14. The summed E-state index contributed by atoms with van der Waals surface area (Å²) in [5, 5.41) is 8.91. The first kappa shape index (κ1) is 21.5. The molecule has 1 N–H and O–H groups in total. The monoisotopic (exact) mass is 369 g/mol. The molecule has 0 unspecified atom stereocenters. The Hall–Kier alpha value is -1.78. The fraction of sp³-hybridized carbons (Fsp3) is 0.667. The van der Waals surface area contributed by atoms with Crippen molar-refractivity contribution in [3.8, 4) is 0 Å². The van der Waals surface area contributed by atoms with Crippen LogP contribution in [0.25, 0.3) is 0 Å². The maximum Gasteiger partial charge on any atom is 0.410 e. The molecule has 3 rings (SSSR count). The van der Waals surface area contributed by atoms with E-state index in [-0.39, 0.29) is 30.6 Å². The molecule has 1 aromatic heterocycles. The Morgan fingerprint density at radius 1 is 1.26 bits per heavy atom. The Labute approximate surface area is 171 Å². The first-order valence-corrected chi connectivity index (χ1v) is 9.03. The third-order valence-electron chi connectivity index (χ3n) is 4.54. The number of aromatic carboxylic acids is 1. The van der Waals surface area contributed by atoms with Crippen molar-refractivity contribution < 1.29 is 19.4 Å². The number of carbonyl (C=O) groups excluding carboxylic acids is 1. The summed E-state index contributed by atoms with van der Waals surface area (Å²) in [6.45, 7) is 7.91. The molecule has 143 valence electrons. The van der Waals surface area contributed by atoms with Crippen LogP contribution in [-0.4, -0.2) is 82.2 Å². The van der Waals surface area contributed by atoms with Gasteiger partial charge >= 0.3 is 12.1 Å². The van der Waals surface area contributed by atoms with E-state index in [1.807, 2.05) is 25.7 Å². The minimum atomic E-state index is -1.08. The molecule has 9 heteroatoms. The number of carbonyl (C=O) groups is 2. The zero-order valence-electron chi connectivity index (χ0n) is 16.5. The third kappa shape index (κ3) is 5.85. The second-order valence-electron chi connectivity index (χ2n) is 8.03. The predicted molar refractivity (Wildman–Crippen MR) is 101 cm³/mol. The average Bonchev–Trinajstić information content (AvgIpc) is 3.29. The van der Waals surface area contributed by atoms with E-state index in [1.54, 1.807) is 0 Å². The molecule has 0 aromatic carbocycles. The Morgan fingerprint density at radius 3 is 2.48 bits per heavy atom. The van der Waals surface area contributed by atoms with E-state index in [0.717, 1.165) is 32.4 Å². The van der Waals surface area contributed by atoms with Gasteiger partial charge in [-0.3, -0.25) is 0 Å². The summed E-state index contributed by atoms with van der Waals surface area (Å²) in [6.07, 6.45) is 5.58. The van der Waals surface area contributed by atoms with Crippen LogP contribution in [0, 0.1) is 5.92 Å². The minimum Gasteiger partial charge on any atom is -0.476 e. The molecule has 1 atom stereocenters. The molecular formula is C18H26LiN4O4. The van der Waals surface area contributed by atoms with Gasteiger partial charge in [-0.05, 0) is 46.0 Å². The number of carboxylic acids is 1. The van der Waals surface area contributed by atoms with Crippen LogP contribution in [0.3, 0.4) is 0 Å². The van der Waals surface area contributed by atoms with Crippen molar-refractivity contribution in [2.45, 2.75) is 51.7 Å². The SMILES string of the molecule is CC(C)(C)OC(=O)N(C[C@H]1CCN(c2cnc(C(=O)O)cn2)C1)C1CC1.[Li]. The summed E-state index contributed by atoms with van der Waals surface area (Å²) >= 11 is 0. The number of amides is 1. The summed E-state index contributed by atoms with van der Waals surface area (Å²) in [5.74, 6) is -0.0717. The smallest absolute Gasteiger partial charge is 0.410 e. The maximum absolute atomic E-state index is 12.5. The van der Waals surface area contributed by atoms with Gasteiger partial charge in [0.15, 0.2) is 5.69 Å². The Balaban J connectivity index is 0.00000261. The van der Waals surface area contributed by atoms with Gasteiger partial charge in [0.1, 0.15) is 11.4 Å². The van der Waals surface area contributed by atoms with Gasteiger partial charge in [-0.2, -0.15) is 0 Å². The van der Waals surface area contributed by atoms with Crippen molar-refractivity contribution in [3.63, 3.8) is 0 Å². The van der Waals surface area contributed by atoms with Gasteiger partial charge in [-0.15, -0.1) is 0 Å². The Bertz CT molecular complexity index is 673. The van der Waals surface area contributed by atoms with E-state index < -0.39 is 11.6 Å². The number of rotatable bonds is 5. The van der Waals surface area contributed by atoms with E-state index in [9.17, 15) is 9.59 Å². The van der Waals surface area contributed by atoms with E-state index in [0.29, 0.717) is 24.3 Å². The van der Waals surface area contributed by atoms with Crippen LogP contribution >= 0.6 is 0 Å². The van der Waals surface area contributed by atoms with Gasteiger partial charge in [0.05, 0.1) is 12.4 Å². The largest absolute Gasteiger partial charge is 0.476 e. The minimum absolute atomic E-state index is 0. The summed E-state index contributed by atoms with van der Waals surface area (Å²) < 4.78 is 5.55. The van der Waals surface area contributed by atoms with E-state index in [1.165, 1.54) is 12.4 Å². The quantitative estimate of drug-likeness (QED) is 0.793. The first-order chi connectivity index (χ1) is 12.2. The predicted octanol–water partition coefficient (Wildman–Crippen LogP) is 2.02. The average molecular weight is 369 g/mol. The van der Waals surface area contributed by atoms with Crippen molar-refractivity contribution in [2.24, 2.45) is 5.92 Å². The molecule has 2 fully saturated rings. The van der Waals surface area contributed by atoms with Crippen molar-refractivity contribution in [1.29, 1.82) is 0 Å². The maximum atomic E-state index is 12.5. The number of hydrogen-bond acceptors (Lipinski definition) is 6. The number of anilines is 1. The molecule has 1 radical (unpaired) electrons. The molecule has 1 amide bonds. The molecule has 8 nitrogen and oxygen atoms in total. The molecule has 1 saturated heterocycles. The molecular weight excluding hydrogens is 343 g/mol. The number of aromatic nitrogens is 2. The van der Waals surface area contributed by atoms with Gasteiger partial charge < -0.3 is 19.6 Å². The number of carboxylic acid groups (broad SMARTS) is 1. The van der Waals surface area contributed by atoms with Crippen molar-refractivity contribution in [1.82, 2.24) is 14.9 Å². The number of hydrogen-bond donors (Lipinski definition) is 1. The molecule has 2 heterocycles. The molecule has 2 aliphatic rings. The molecule has 0 spiro atoms. The van der Waals surface area contributed by atoms with Gasteiger partial charge in [-0.25, -0.2) is 19.6 Å². The van der Waals surface area contributed by atoms with Crippen molar-refractivity contribution in [2.75, 3.05) is 24.5 Å². The van der Waals surface area contributed by atoms with Crippen molar-refractivity contribution >= 4 is 36.7 Å². The molecule has 1 saturated carbocycles. The van der Waals surface area contributed by atoms with E-state index in [2.05, 4.69) is 14.9 Å². The van der Waals surface area contributed by atoms with Crippen LogP contribution in [0.15, 0.2) is 12.4 Å². The normalized spacial score (nSPS) is 19.4. The third-order valence-corrected chi connectivity index (χ3v) is 4.54. The summed E-state index contributed by atoms with van der Waals surface area (Å²) in [7, 11) is 0. The summed E-state index contributed by atoms with van der Waals surface area (Å²) in [6, 6.07) is 0.300. The zero-order chi connectivity index (χ0) is 18.9. The zero-order valence-corrected chi connectivity index (χ0v) is 16.5. The second kappa shape index (κ2) is 8.49. The first-order valence-electron chi connectivity index (χ1n) is 9.03. The van der Waals surface area contributed by atoms with Gasteiger partial charge in [0, 0.05) is 44.5 Å². The summed E-state index contributed by atoms with van der Waals surface area (Å²) in [5.41, 5.74) is -0.553. The van der Waals surface area contributed by atoms with E-state index in [4.69, 9.17) is 9.84 Å². The molecule has 1 aliphatic carbocycles. The fourth-order valence-electron chi connectivity index (χ4n) is 3.14. The second-order valence-corrected chi connectivity index (χ2v) is 8.03. The van der Waals surface area contributed by atoms with Gasteiger partial charge in [0.2, 0.25) is 0 Å². The van der Waals surface area contributed by atoms with Crippen LogP contribution in [0.5, 0.6) is 0 Å². The topological polar surface area (TPSA) is 95.9 Å². The van der Waals surface area contributed by atoms with Crippen LogP contribution in [0.1, 0.15) is 50.5 Å². The standard InChI is InChI=1S/C18H26N4O4.Li/c1-18(2,3)26-17(25)22(13-4-5-13)11-12-6-7-21(10-12)15-9-19-14(8-20-15)16(23)24;/h8-9,12-13H,4-7,10-11H2,1-3H3,(H,23,24);/t12-;/m0./s1. The van der Waals surface area contributed by atoms with Crippen LogP contribution in [0.2, 0.25) is 0 Å². The Kier molecular flexibility index (Phi) is 6.76. The van der Waals surface area contributed by atoms with Crippen LogP contribution < -0.4 is 4.90 Å².